The average molecular weight is 523 g/mol. The number of nitrogens with one attached hydrogen (secondary N) is 3. The molecule has 0 saturated carbocycles. The van der Waals surface area contributed by atoms with Crippen molar-refractivity contribution < 1.29 is 14.4 Å². The molecule has 3 aromatic carbocycles. The second-order valence-corrected chi connectivity index (χ2v) is 10.1. The van der Waals surface area contributed by atoms with Crippen molar-refractivity contribution in [3.05, 3.63) is 107 Å². The minimum Gasteiger partial charge on any atom is -0.360 e. The van der Waals surface area contributed by atoms with Crippen molar-refractivity contribution in [2.75, 3.05) is 26.2 Å². The molecule has 3 N–H and O–H groups in total. The number of carbonyl (C=O) groups excluding carboxylic acids is 3. The summed E-state index contributed by atoms with van der Waals surface area (Å²) in [5, 5.41) is 7.15. The standard InChI is InChI=1S/C32H34N4O3/c1-22-9-11-23(12-10-22)15-16-33-30(24-6-3-2-4-7-24)31(38)27-21-35-28-20-25(13-14-26(27)28)32(39)34-17-19-36-18-5-8-29(36)37/h2-4,6-7,9-14,20-21,30,33,35H,5,8,15-19H2,1H3,(H,34,39)/t30-/m0/s1. The molecule has 1 aliphatic rings. The van der Waals surface area contributed by atoms with Crippen LogP contribution in [0.25, 0.3) is 10.9 Å². The molecule has 1 aromatic heterocycles. The largest absolute Gasteiger partial charge is 0.360 e. The number of amides is 2. The van der Waals surface area contributed by atoms with E-state index in [-0.39, 0.29) is 17.6 Å². The third kappa shape index (κ3) is 6.26. The van der Waals surface area contributed by atoms with E-state index in [1.165, 1.54) is 11.1 Å². The molecule has 1 fully saturated rings. The molecule has 0 radical (unpaired) electrons. The van der Waals surface area contributed by atoms with Gasteiger partial charge >= 0.3 is 0 Å². The molecule has 4 aromatic rings. The van der Waals surface area contributed by atoms with Crippen LogP contribution in [-0.4, -0.2) is 53.7 Å². The van der Waals surface area contributed by atoms with Crippen LogP contribution in [-0.2, 0) is 11.2 Å². The van der Waals surface area contributed by atoms with E-state index in [1.54, 1.807) is 23.2 Å². The van der Waals surface area contributed by atoms with Crippen molar-refractivity contribution in [2.45, 2.75) is 32.2 Å². The van der Waals surface area contributed by atoms with Crippen LogP contribution in [0, 0.1) is 6.92 Å². The number of aromatic nitrogens is 1. The zero-order valence-corrected chi connectivity index (χ0v) is 22.2. The molecule has 5 rings (SSSR count). The summed E-state index contributed by atoms with van der Waals surface area (Å²) in [5.41, 5.74) is 5.17. The molecule has 1 aliphatic heterocycles. The Morgan fingerprint density at radius 1 is 1.00 bits per heavy atom. The molecule has 7 heteroatoms. The Labute approximate surface area is 228 Å². The van der Waals surface area contributed by atoms with Gasteiger partial charge in [0.05, 0.1) is 6.04 Å². The van der Waals surface area contributed by atoms with Crippen LogP contribution in [0.3, 0.4) is 0 Å². The molecule has 1 saturated heterocycles. The minimum atomic E-state index is -0.494. The molecule has 2 amide bonds. The number of carbonyl (C=O) groups is 3. The van der Waals surface area contributed by atoms with Gasteiger partial charge in [-0.15, -0.1) is 0 Å². The normalized spacial score (nSPS) is 14.1. The minimum absolute atomic E-state index is 0.0242. The number of likely N-dealkylation sites (tertiary alicyclic amines) is 1. The van der Waals surface area contributed by atoms with Gasteiger partial charge in [0.25, 0.3) is 5.91 Å². The first-order valence-electron chi connectivity index (χ1n) is 13.5. The maximum atomic E-state index is 13.8. The summed E-state index contributed by atoms with van der Waals surface area (Å²) in [6.45, 7) is 4.41. The van der Waals surface area contributed by atoms with Crippen LogP contribution in [0.15, 0.2) is 79.0 Å². The van der Waals surface area contributed by atoms with Gasteiger partial charge in [0.15, 0.2) is 5.78 Å². The molecular weight excluding hydrogens is 488 g/mol. The fraction of sp³-hybridized carbons (Fsp3) is 0.281. The van der Waals surface area contributed by atoms with Crippen molar-refractivity contribution in [3.8, 4) is 0 Å². The van der Waals surface area contributed by atoms with Crippen LogP contribution < -0.4 is 10.6 Å². The lowest BCUT2D eigenvalue weighted by Gasteiger charge is -2.18. The molecule has 0 aliphatic carbocycles. The van der Waals surface area contributed by atoms with E-state index >= 15 is 0 Å². The molecule has 1 atom stereocenters. The highest BCUT2D eigenvalue weighted by atomic mass is 16.2. The predicted octanol–water partition coefficient (Wildman–Crippen LogP) is 4.58. The summed E-state index contributed by atoms with van der Waals surface area (Å²) in [6, 6.07) is 23.0. The average Bonchev–Trinajstić information content (AvgIpc) is 3.57. The number of ketones is 1. The van der Waals surface area contributed by atoms with E-state index in [0.29, 0.717) is 37.2 Å². The monoisotopic (exact) mass is 522 g/mol. The SMILES string of the molecule is Cc1ccc(CCN[C@H](C(=O)c2c[nH]c3cc(C(=O)NCCN4CCCC4=O)ccc23)c2ccccc2)cc1. The number of hydrogen-bond acceptors (Lipinski definition) is 4. The maximum Gasteiger partial charge on any atom is 0.251 e. The van der Waals surface area contributed by atoms with Crippen LogP contribution in [0.2, 0.25) is 0 Å². The highest BCUT2D eigenvalue weighted by molar-refractivity contribution is 6.11. The fourth-order valence-corrected chi connectivity index (χ4v) is 5.10. The van der Waals surface area contributed by atoms with Crippen molar-refractivity contribution >= 4 is 28.5 Å². The Morgan fingerprint density at radius 2 is 1.79 bits per heavy atom. The summed E-state index contributed by atoms with van der Waals surface area (Å²) in [5.74, 6) is -0.0810. The summed E-state index contributed by atoms with van der Waals surface area (Å²) in [4.78, 5) is 43.3. The number of rotatable bonds is 11. The van der Waals surface area contributed by atoms with Gasteiger partial charge < -0.3 is 20.5 Å². The summed E-state index contributed by atoms with van der Waals surface area (Å²) < 4.78 is 0. The van der Waals surface area contributed by atoms with Gasteiger partial charge in [-0.05, 0) is 43.0 Å². The zero-order chi connectivity index (χ0) is 27.2. The van der Waals surface area contributed by atoms with Gasteiger partial charge in [-0.1, -0.05) is 66.2 Å². The third-order valence-electron chi connectivity index (χ3n) is 7.33. The van der Waals surface area contributed by atoms with Gasteiger partial charge in [-0.2, -0.15) is 0 Å². The highest BCUT2D eigenvalue weighted by Crippen LogP contribution is 2.26. The van der Waals surface area contributed by atoms with E-state index in [9.17, 15) is 14.4 Å². The van der Waals surface area contributed by atoms with E-state index in [4.69, 9.17) is 0 Å². The topological polar surface area (TPSA) is 94.3 Å². The lowest BCUT2D eigenvalue weighted by molar-refractivity contribution is -0.127. The van der Waals surface area contributed by atoms with E-state index in [1.807, 2.05) is 36.4 Å². The Hall–Kier alpha value is -4.23. The summed E-state index contributed by atoms with van der Waals surface area (Å²) in [7, 11) is 0. The molecular formula is C32H34N4O3. The van der Waals surface area contributed by atoms with Crippen molar-refractivity contribution in [2.24, 2.45) is 0 Å². The van der Waals surface area contributed by atoms with Crippen LogP contribution in [0.5, 0.6) is 0 Å². The first kappa shape index (κ1) is 26.4. The second kappa shape index (κ2) is 12.1. The molecule has 200 valence electrons. The first-order valence-corrected chi connectivity index (χ1v) is 13.5. The van der Waals surface area contributed by atoms with Crippen LogP contribution in [0.4, 0.5) is 0 Å². The quantitative estimate of drug-likeness (QED) is 0.251. The second-order valence-electron chi connectivity index (χ2n) is 10.1. The molecule has 39 heavy (non-hydrogen) atoms. The lowest BCUT2D eigenvalue weighted by Crippen LogP contribution is -2.35. The maximum absolute atomic E-state index is 13.8. The Bertz CT molecular complexity index is 1460. The number of fused-ring (bicyclic) bond motifs is 1. The van der Waals surface area contributed by atoms with Gasteiger partial charge in [0.2, 0.25) is 5.91 Å². The molecule has 2 heterocycles. The summed E-state index contributed by atoms with van der Waals surface area (Å²) >= 11 is 0. The van der Waals surface area contributed by atoms with E-state index in [2.05, 4.69) is 46.8 Å². The van der Waals surface area contributed by atoms with Crippen LogP contribution >= 0.6 is 0 Å². The fourth-order valence-electron chi connectivity index (χ4n) is 5.10. The van der Waals surface area contributed by atoms with Gasteiger partial charge in [-0.3, -0.25) is 14.4 Å². The van der Waals surface area contributed by atoms with Crippen molar-refractivity contribution in [3.63, 3.8) is 0 Å². The molecule has 0 bridgehead atoms. The number of aromatic amines is 1. The number of hydrogen-bond donors (Lipinski definition) is 3. The Balaban J connectivity index is 1.28. The molecule has 7 nitrogen and oxygen atoms in total. The Kier molecular flexibility index (Phi) is 8.18. The smallest absolute Gasteiger partial charge is 0.251 e. The van der Waals surface area contributed by atoms with Crippen LogP contribution in [0.1, 0.15) is 56.3 Å². The summed E-state index contributed by atoms with van der Waals surface area (Å²) in [6.07, 6.45) is 4.01. The number of nitrogens with zero attached hydrogens (tertiary/aromatic N) is 1. The third-order valence-corrected chi connectivity index (χ3v) is 7.33. The van der Waals surface area contributed by atoms with Crippen molar-refractivity contribution in [1.82, 2.24) is 20.5 Å². The number of Topliss-reactive ketones (excluding diaryl/α,β-unsaturated/α-hetero) is 1. The number of benzene rings is 3. The molecule has 0 spiro atoms. The molecule has 0 unspecified atom stereocenters. The highest BCUT2D eigenvalue weighted by Gasteiger charge is 2.24. The van der Waals surface area contributed by atoms with E-state index in [0.717, 1.165) is 35.9 Å². The lowest BCUT2D eigenvalue weighted by atomic mass is 9.96. The first-order chi connectivity index (χ1) is 19.0. The van der Waals surface area contributed by atoms with Gasteiger partial charge in [0.1, 0.15) is 0 Å². The van der Waals surface area contributed by atoms with Crippen molar-refractivity contribution in [1.29, 1.82) is 0 Å². The van der Waals surface area contributed by atoms with Gasteiger partial charge in [-0.25, -0.2) is 0 Å². The number of H-pyrrole nitrogens is 1. The van der Waals surface area contributed by atoms with E-state index < -0.39 is 6.04 Å². The zero-order valence-electron chi connectivity index (χ0n) is 22.2. The van der Waals surface area contributed by atoms with Gasteiger partial charge in [0, 0.05) is 60.8 Å². The predicted molar refractivity (Wildman–Crippen MR) is 153 cm³/mol. The number of aryl methyl sites for hydroxylation is 1. The Morgan fingerprint density at radius 3 is 2.54 bits per heavy atom.